The van der Waals surface area contributed by atoms with Gasteiger partial charge in [-0.05, 0) is 71.9 Å². The van der Waals surface area contributed by atoms with Gasteiger partial charge >= 0.3 is 29.8 Å². The van der Waals surface area contributed by atoms with Crippen molar-refractivity contribution in [3.05, 3.63) is 91.6 Å². The Labute approximate surface area is 340 Å². The van der Waals surface area contributed by atoms with Gasteiger partial charge < -0.3 is 23.7 Å². The van der Waals surface area contributed by atoms with Crippen LogP contribution >= 0.6 is 23.2 Å². The lowest BCUT2D eigenvalue weighted by Crippen LogP contribution is -2.50. The number of aromatic nitrogens is 5. The van der Waals surface area contributed by atoms with Gasteiger partial charge in [-0.2, -0.15) is 10.1 Å². The van der Waals surface area contributed by atoms with Gasteiger partial charge in [0.15, 0.2) is 29.8 Å². The van der Waals surface area contributed by atoms with Gasteiger partial charge in [0.25, 0.3) is 5.56 Å². The number of hydrogen-bond donors (Lipinski definition) is 1. The fourth-order valence-electron chi connectivity index (χ4n) is 6.90. The van der Waals surface area contributed by atoms with Crippen molar-refractivity contribution in [1.29, 1.82) is 0 Å². The Hall–Kier alpha value is -6.13. The predicted molar refractivity (Wildman–Crippen MR) is 209 cm³/mol. The van der Waals surface area contributed by atoms with Crippen LogP contribution in [0.5, 0.6) is 0 Å². The van der Waals surface area contributed by atoms with Crippen LogP contribution in [0.4, 0.5) is 0 Å². The number of nitrogens with zero attached hydrogens (tertiary/aromatic N) is 4. The summed E-state index contributed by atoms with van der Waals surface area (Å²) in [6.07, 6.45) is -3.06. The van der Waals surface area contributed by atoms with Crippen molar-refractivity contribution in [3.63, 3.8) is 0 Å². The van der Waals surface area contributed by atoms with Crippen LogP contribution in [0, 0.1) is 0 Å². The lowest BCUT2D eigenvalue weighted by Gasteiger charge is -2.34. The monoisotopic (exact) mass is 833 g/mol. The molecule has 16 nitrogen and oxygen atoms in total. The summed E-state index contributed by atoms with van der Waals surface area (Å²) in [5.74, 6) is -4.95. The van der Waals surface area contributed by atoms with Crippen LogP contribution in [0.25, 0.3) is 39.6 Å². The molecule has 2 aromatic carbocycles. The molecule has 0 saturated carbocycles. The fourth-order valence-corrected chi connectivity index (χ4v) is 7.15. The van der Waals surface area contributed by atoms with Crippen LogP contribution in [0.3, 0.4) is 0 Å². The van der Waals surface area contributed by atoms with Crippen LogP contribution < -0.4 is 5.56 Å². The number of halogens is 2. The first kappa shape index (κ1) is 41.5. The minimum atomic E-state index is -1.85. The van der Waals surface area contributed by atoms with Gasteiger partial charge in [0.2, 0.25) is 11.9 Å². The summed E-state index contributed by atoms with van der Waals surface area (Å²) in [6, 6.07) is 14.3. The number of ether oxygens (including phenoxy) is 5. The molecule has 1 aliphatic carbocycles. The van der Waals surface area contributed by atoms with Crippen molar-refractivity contribution >= 4 is 81.5 Å². The molecular formula is C40H37Cl2N5O11. The van der Waals surface area contributed by atoms with E-state index in [2.05, 4.69) is 10.2 Å². The summed E-state index contributed by atoms with van der Waals surface area (Å²) in [4.78, 5) is 86.9. The van der Waals surface area contributed by atoms with E-state index in [1.165, 1.54) is 0 Å². The maximum Gasteiger partial charge on any atom is 0.303 e. The van der Waals surface area contributed by atoms with E-state index in [4.69, 9.17) is 56.9 Å². The van der Waals surface area contributed by atoms with E-state index in [-0.39, 0.29) is 22.6 Å². The minimum absolute atomic E-state index is 0.0717. The topological polar surface area (TPSA) is 207 Å². The SMILES string of the molecule is CC(=O)OC[C@@H](OC(C)=O)[C@H](OC(C)=O)[C@H](OC(C)=O)[C@@H](OC(C)=O)c1n[nH]c2nc3nc4c(c(-c5ccc(Cl)cc5)c3c(=O)n12)CCC/C4=C\c1ccc(Cl)cc1. The number of allylic oxidation sites excluding steroid dienone is 1. The number of aromatic amines is 1. The highest BCUT2D eigenvalue weighted by Gasteiger charge is 2.46. The number of esters is 5. The van der Waals surface area contributed by atoms with Crippen molar-refractivity contribution in [1.82, 2.24) is 24.6 Å². The van der Waals surface area contributed by atoms with E-state index < -0.39 is 66.4 Å². The molecule has 0 unspecified atom stereocenters. The molecule has 6 rings (SSSR count). The maximum absolute atomic E-state index is 15.1. The zero-order valence-corrected chi connectivity index (χ0v) is 33.4. The average molecular weight is 835 g/mol. The summed E-state index contributed by atoms with van der Waals surface area (Å²) in [6.45, 7) is 4.59. The molecule has 58 heavy (non-hydrogen) atoms. The Morgan fingerprint density at radius 3 is 1.98 bits per heavy atom. The van der Waals surface area contributed by atoms with Crippen LogP contribution in [0.1, 0.15) is 76.2 Å². The second-order valence-electron chi connectivity index (χ2n) is 13.4. The van der Waals surface area contributed by atoms with E-state index in [1.54, 1.807) is 36.4 Å². The molecule has 5 aromatic rings. The van der Waals surface area contributed by atoms with Gasteiger partial charge in [-0.1, -0.05) is 47.5 Å². The lowest BCUT2D eigenvalue weighted by atomic mass is 9.84. The molecule has 1 N–H and O–H groups in total. The largest absolute Gasteiger partial charge is 0.462 e. The van der Waals surface area contributed by atoms with Gasteiger partial charge in [0.1, 0.15) is 6.61 Å². The molecule has 3 heterocycles. The molecular weight excluding hydrogens is 797 g/mol. The van der Waals surface area contributed by atoms with E-state index in [0.717, 1.165) is 62.1 Å². The van der Waals surface area contributed by atoms with Crippen LogP contribution in [0.15, 0.2) is 53.3 Å². The van der Waals surface area contributed by atoms with Gasteiger partial charge in [-0.25, -0.2) is 14.5 Å². The van der Waals surface area contributed by atoms with E-state index >= 15 is 4.79 Å². The van der Waals surface area contributed by atoms with E-state index in [9.17, 15) is 24.0 Å². The number of carbonyl (C=O) groups excluding carboxylic acids is 5. The first-order valence-corrected chi connectivity index (χ1v) is 18.7. The van der Waals surface area contributed by atoms with Crippen molar-refractivity contribution in [2.24, 2.45) is 0 Å². The fraction of sp³-hybridized carbons (Fsp3) is 0.325. The summed E-state index contributed by atoms with van der Waals surface area (Å²) in [5, 5.41) is 8.15. The minimum Gasteiger partial charge on any atom is -0.462 e. The van der Waals surface area contributed by atoms with Crippen molar-refractivity contribution in [2.75, 3.05) is 6.61 Å². The average Bonchev–Trinajstić information content (AvgIpc) is 3.58. The van der Waals surface area contributed by atoms with Crippen LogP contribution in [0.2, 0.25) is 10.0 Å². The molecule has 0 fully saturated rings. The van der Waals surface area contributed by atoms with E-state index in [0.29, 0.717) is 39.7 Å². The second-order valence-corrected chi connectivity index (χ2v) is 14.3. The molecule has 4 atom stereocenters. The quantitative estimate of drug-likeness (QED) is 0.117. The standard InChI is InChI=1S/C40H37Cl2N5O11/c1-19(48)54-18-30(55-20(2)49)34(56-21(3)50)35(57-22(4)51)36(58-23(5)52)38-45-46-40-44-37-32(39(53)47(38)40)31(25-11-15-28(42)16-12-25)29-8-6-7-26(33(29)43-37)17-24-9-13-27(41)14-10-24/h9-17,30,34-36H,6-8,18H2,1-5H3,(H,43,44,46)/b26-17+/t30-,34+,35+,36-/m1/s1. The summed E-state index contributed by atoms with van der Waals surface area (Å²) < 4.78 is 28.4. The number of rotatable bonds is 12. The number of fused-ring (bicyclic) bond motifs is 3. The molecule has 0 saturated heterocycles. The molecule has 0 spiro atoms. The van der Waals surface area contributed by atoms with Crippen LogP contribution in [-0.2, 0) is 54.1 Å². The highest BCUT2D eigenvalue weighted by Crippen LogP contribution is 2.40. The number of nitrogens with one attached hydrogen (secondary N) is 1. The first-order valence-electron chi connectivity index (χ1n) is 18.0. The van der Waals surface area contributed by atoms with Gasteiger partial charge in [-0.15, -0.1) is 0 Å². The van der Waals surface area contributed by atoms with Crippen molar-refractivity contribution in [2.45, 2.75) is 78.3 Å². The molecule has 0 amide bonds. The Morgan fingerprint density at radius 2 is 1.38 bits per heavy atom. The molecule has 302 valence electrons. The zero-order valence-electron chi connectivity index (χ0n) is 31.9. The number of benzene rings is 2. The third kappa shape index (κ3) is 9.19. The number of H-pyrrole nitrogens is 1. The summed E-state index contributed by atoms with van der Waals surface area (Å²) in [7, 11) is 0. The van der Waals surface area contributed by atoms with Gasteiger partial charge in [-0.3, -0.25) is 28.8 Å². The lowest BCUT2D eigenvalue weighted by molar-refractivity contribution is -0.204. The third-order valence-electron chi connectivity index (χ3n) is 9.05. The molecule has 1 aliphatic rings. The number of pyridine rings is 1. The van der Waals surface area contributed by atoms with Crippen molar-refractivity contribution < 1.29 is 47.7 Å². The molecule has 0 radical (unpaired) electrons. The Bertz CT molecular complexity index is 2520. The second kappa shape index (κ2) is 17.6. The zero-order chi connectivity index (χ0) is 41.8. The van der Waals surface area contributed by atoms with E-state index in [1.807, 2.05) is 18.2 Å². The highest BCUT2D eigenvalue weighted by atomic mass is 35.5. The maximum atomic E-state index is 15.1. The third-order valence-corrected chi connectivity index (χ3v) is 9.55. The normalized spacial score (nSPS) is 15.2. The van der Waals surface area contributed by atoms with Gasteiger partial charge in [0.05, 0.1) is 11.1 Å². The smallest absolute Gasteiger partial charge is 0.303 e. The Kier molecular flexibility index (Phi) is 12.6. The van der Waals surface area contributed by atoms with Crippen LogP contribution in [-0.4, -0.2) is 79.3 Å². The summed E-state index contributed by atoms with van der Waals surface area (Å²) >= 11 is 12.5. The molecule has 18 heteroatoms. The molecule has 0 aliphatic heterocycles. The molecule has 0 bridgehead atoms. The predicted octanol–water partition coefficient (Wildman–Crippen LogP) is 5.78. The first-order chi connectivity index (χ1) is 27.6. The van der Waals surface area contributed by atoms with Crippen molar-refractivity contribution in [3.8, 4) is 11.1 Å². The number of carbonyl (C=O) groups is 5. The summed E-state index contributed by atoms with van der Waals surface area (Å²) in [5.41, 5.74) is 3.80. The Morgan fingerprint density at radius 1 is 0.776 bits per heavy atom. The number of hydrogen-bond acceptors (Lipinski definition) is 14. The van der Waals surface area contributed by atoms with Gasteiger partial charge in [0, 0.05) is 50.2 Å². The highest BCUT2D eigenvalue weighted by molar-refractivity contribution is 6.31. The Balaban J connectivity index is 1.63. The molecule has 3 aromatic heterocycles.